The lowest BCUT2D eigenvalue weighted by molar-refractivity contribution is -0.117. The number of rotatable bonds is 4. The monoisotopic (exact) mass is 313 g/mol. The Morgan fingerprint density at radius 2 is 2.10 bits per heavy atom. The Morgan fingerprint density at radius 1 is 1.43 bits per heavy atom. The Kier molecular flexibility index (Phi) is 5.19. The molecule has 0 aliphatic carbocycles. The Hall–Kier alpha value is -1.17. The van der Waals surface area contributed by atoms with Crippen LogP contribution in [0.3, 0.4) is 0 Å². The predicted octanol–water partition coefficient (Wildman–Crippen LogP) is 2.49. The molecule has 1 aromatic rings. The van der Waals surface area contributed by atoms with E-state index >= 15 is 0 Å². The Balaban J connectivity index is 1.84. The number of carbonyl (C=O) groups excluding carboxylic acids is 1. The van der Waals surface area contributed by atoms with Crippen LogP contribution < -0.4 is 10.6 Å². The first-order valence-corrected chi connectivity index (χ1v) is 7.46. The van der Waals surface area contributed by atoms with Gasteiger partial charge in [-0.05, 0) is 45.0 Å². The quantitative estimate of drug-likeness (QED) is 0.897. The van der Waals surface area contributed by atoms with Crippen molar-refractivity contribution in [2.24, 2.45) is 0 Å². The van der Waals surface area contributed by atoms with E-state index in [1.54, 1.807) is 0 Å². The maximum Gasteiger partial charge on any atom is 0.238 e. The molecule has 1 heterocycles. The number of hydrogen-bond acceptors (Lipinski definition) is 3. The number of piperidine rings is 1. The maximum absolute atomic E-state index is 13.1. The highest BCUT2D eigenvalue weighted by molar-refractivity contribution is 6.31. The van der Waals surface area contributed by atoms with Crippen molar-refractivity contribution in [3.63, 3.8) is 0 Å². The molecule has 1 aromatic carbocycles. The predicted molar refractivity (Wildman–Crippen MR) is 83.2 cm³/mol. The second-order valence-electron chi connectivity index (χ2n) is 5.76. The van der Waals surface area contributed by atoms with Crippen molar-refractivity contribution < 1.29 is 9.18 Å². The number of halogens is 2. The van der Waals surface area contributed by atoms with Crippen molar-refractivity contribution in [1.29, 1.82) is 0 Å². The van der Waals surface area contributed by atoms with Crippen LogP contribution in [0, 0.1) is 5.82 Å². The van der Waals surface area contributed by atoms with Gasteiger partial charge >= 0.3 is 0 Å². The fourth-order valence-corrected chi connectivity index (χ4v) is 2.61. The van der Waals surface area contributed by atoms with E-state index in [0.717, 1.165) is 25.9 Å². The van der Waals surface area contributed by atoms with Crippen LogP contribution in [-0.4, -0.2) is 43.0 Å². The number of likely N-dealkylation sites (tertiary alicyclic amines) is 1. The van der Waals surface area contributed by atoms with Crippen LogP contribution >= 0.6 is 11.6 Å². The smallest absolute Gasteiger partial charge is 0.238 e. The van der Waals surface area contributed by atoms with E-state index in [9.17, 15) is 9.18 Å². The number of nitrogens with one attached hydrogen (secondary N) is 2. The fourth-order valence-electron chi connectivity index (χ4n) is 2.43. The van der Waals surface area contributed by atoms with Gasteiger partial charge in [-0.15, -0.1) is 0 Å². The molecule has 0 radical (unpaired) electrons. The van der Waals surface area contributed by atoms with Crippen molar-refractivity contribution in [3.05, 3.63) is 29.0 Å². The zero-order valence-electron chi connectivity index (χ0n) is 12.4. The van der Waals surface area contributed by atoms with Crippen LogP contribution in [-0.2, 0) is 4.79 Å². The van der Waals surface area contributed by atoms with E-state index in [-0.39, 0.29) is 16.5 Å². The summed E-state index contributed by atoms with van der Waals surface area (Å²) in [6.45, 7) is 4.31. The number of anilines is 1. The summed E-state index contributed by atoms with van der Waals surface area (Å²) < 4.78 is 13.1. The SMILES string of the molecule is CNC1(C)CCN(CC(=O)Nc2ccc(F)c(Cl)c2)CC1. The van der Waals surface area contributed by atoms with Crippen molar-refractivity contribution in [2.75, 3.05) is 32.0 Å². The summed E-state index contributed by atoms with van der Waals surface area (Å²) in [6.07, 6.45) is 2.03. The van der Waals surface area contributed by atoms with Gasteiger partial charge in [0.15, 0.2) is 0 Å². The maximum atomic E-state index is 13.1. The van der Waals surface area contributed by atoms with E-state index in [0.29, 0.717) is 12.2 Å². The number of hydrogen-bond donors (Lipinski definition) is 2. The summed E-state index contributed by atoms with van der Waals surface area (Å²) >= 11 is 5.69. The average molecular weight is 314 g/mol. The van der Waals surface area contributed by atoms with Crippen molar-refractivity contribution in [1.82, 2.24) is 10.2 Å². The fraction of sp³-hybridized carbons (Fsp3) is 0.533. The Bertz CT molecular complexity index is 516. The number of nitrogens with zero attached hydrogens (tertiary/aromatic N) is 1. The highest BCUT2D eigenvalue weighted by atomic mass is 35.5. The zero-order chi connectivity index (χ0) is 15.5. The lowest BCUT2D eigenvalue weighted by Crippen LogP contribution is -2.51. The van der Waals surface area contributed by atoms with E-state index in [2.05, 4.69) is 22.5 Å². The third-order valence-corrected chi connectivity index (χ3v) is 4.42. The summed E-state index contributed by atoms with van der Waals surface area (Å²) in [4.78, 5) is 14.1. The molecule has 0 aromatic heterocycles. The van der Waals surface area contributed by atoms with Crippen LogP contribution in [0.15, 0.2) is 18.2 Å². The minimum absolute atomic E-state index is 0.00978. The van der Waals surface area contributed by atoms with Crippen molar-refractivity contribution >= 4 is 23.2 Å². The number of carbonyl (C=O) groups is 1. The Morgan fingerprint density at radius 3 is 2.67 bits per heavy atom. The number of benzene rings is 1. The van der Waals surface area contributed by atoms with Crippen LogP contribution in [0.4, 0.5) is 10.1 Å². The second-order valence-corrected chi connectivity index (χ2v) is 6.17. The molecule has 0 unspecified atom stereocenters. The largest absolute Gasteiger partial charge is 0.325 e. The van der Waals surface area contributed by atoms with Gasteiger partial charge in [-0.3, -0.25) is 9.69 Å². The molecule has 1 aliphatic rings. The summed E-state index contributed by atoms with van der Waals surface area (Å²) in [5.41, 5.74) is 0.681. The first-order chi connectivity index (χ1) is 9.92. The molecule has 0 bridgehead atoms. The van der Waals surface area contributed by atoms with Gasteiger partial charge in [-0.2, -0.15) is 0 Å². The minimum Gasteiger partial charge on any atom is -0.325 e. The van der Waals surface area contributed by atoms with Gasteiger partial charge in [-0.25, -0.2) is 4.39 Å². The van der Waals surface area contributed by atoms with Gasteiger partial charge in [0, 0.05) is 24.3 Å². The highest BCUT2D eigenvalue weighted by Gasteiger charge is 2.28. The van der Waals surface area contributed by atoms with E-state index in [4.69, 9.17) is 11.6 Å². The summed E-state index contributed by atoms with van der Waals surface area (Å²) in [7, 11) is 1.97. The third kappa shape index (κ3) is 4.40. The van der Waals surface area contributed by atoms with Gasteiger partial charge in [-0.1, -0.05) is 11.6 Å². The molecule has 0 atom stereocenters. The molecule has 1 amide bonds. The van der Waals surface area contributed by atoms with Crippen LogP contribution in [0.1, 0.15) is 19.8 Å². The first kappa shape index (κ1) is 16.2. The average Bonchev–Trinajstić information content (AvgIpc) is 2.46. The van der Waals surface area contributed by atoms with Gasteiger partial charge in [0.2, 0.25) is 5.91 Å². The molecule has 2 rings (SSSR count). The second kappa shape index (κ2) is 6.73. The van der Waals surface area contributed by atoms with Crippen molar-refractivity contribution in [2.45, 2.75) is 25.3 Å². The van der Waals surface area contributed by atoms with E-state index < -0.39 is 5.82 Å². The van der Waals surface area contributed by atoms with Crippen LogP contribution in [0.25, 0.3) is 0 Å². The lowest BCUT2D eigenvalue weighted by Gasteiger charge is -2.39. The molecule has 2 N–H and O–H groups in total. The van der Waals surface area contributed by atoms with Crippen LogP contribution in [0.5, 0.6) is 0 Å². The third-order valence-electron chi connectivity index (χ3n) is 4.13. The van der Waals surface area contributed by atoms with Crippen LogP contribution in [0.2, 0.25) is 5.02 Å². The molecule has 1 aliphatic heterocycles. The molecule has 1 saturated heterocycles. The molecular weight excluding hydrogens is 293 g/mol. The van der Waals surface area contributed by atoms with Crippen molar-refractivity contribution in [3.8, 4) is 0 Å². The lowest BCUT2D eigenvalue weighted by atomic mass is 9.90. The summed E-state index contributed by atoms with van der Waals surface area (Å²) in [5.74, 6) is -0.595. The van der Waals surface area contributed by atoms with Gasteiger partial charge in [0.1, 0.15) is 5.82 Å². The normalized spacial score (nSPS) is 18.5. The Labute approximate surface area is 129 Å². The van der Waals surface area contributed by atoms with E-state index in [1.807, 2.05) is 7.05 Å². The molecule has 0 saturated carbocycles. The topological polar surface area (TPSA) is 44.4 Å². The number of amides is 1. The molecule has 6 heteroatoms. The summed E-state index contributed by atoms with van der Waals surface area (Å²) in [6, 6.07) is 4.17. The highest BCUT2D eigenvalue weighted by Crippen LogP contribution is 2.21. The summed E-state index contributed by atoms with van der Waals surface area (Å²) in [5, 5.41) is 6.08. The van der Waals surface area contributed by atoms with E-state index in [1.165, 1.54) is 18.2 Å². The van der Waals surface area contributed by atoms with Gasteiger partial charge in [0.05, 0.1) is 11.6 Å². The molecule has 21 heavy (non-hydrogen) atoms. The molecule has 4 nitrogen and oxygen atoms in total. The minimum atomic E-state index is -0.489. The van der Waals surface area contributed by atoms with Gasteiger partial charge in [0.25, 0.3) is 0 Å². The first-order valence-electron chi connectivity index (χ1n) is 7.08. The molecular formula is C15H21ClFN3O. The standard InChI is InChI=1S/C15H21ClFN3O/c1-15(18-2)5-7-20(8-6-15)10-14(21)19-11-3-4-13(17)12(16)9-11/h3-4,9,18H,5-8,10H2,1-2H3,(H,19,21). The zero-order valence-corrected chi connectivity index (χ0v) is 13.1. The molecule has 1 fully saturated rings. The molecule has 116 valence electrons. The van der Waals surface area contributed by atoms with Gasteiger partial charge < -0.3 is 10.6 Å². The molecule has 0 spiro atoms.